The first-order chi connectivity index (χ1) is 8.85. The minimum absolute atomic E-state index is 0.127. The van der Waals surface area contributed by atoms with E-state index in [0.717, 1.165) is 12.8 Å². The monoisotopic (exact) mass is 270 g/mol. The average molecular weight is 270 g/mol. The van der Waals surface area contributed by atoms with E-state index in [1.807, 2.05) is 20.8 Å². The number of amides is 2. The van der Waals surface area contributed by atoms with Crippen molar-refractivity contribution in [3.63, 3.8) is 0 Å². The van der Waals surface area contributed by atoms with E-state index in [0.29, 0.717) is 19.6 Å². The molecule has 2 fully saturated rings. The standard InChI is InChI=1S/C13H22N2O4/c1-13(2,3)19-12(17)15-6-4-5-9(8-15)10-7-14-11(16)18-10/h9-10H,4-8H2,1-3H3,(H,14,16). The summed E-state index contributed by atoms with van der Waals surface area (Å²) in [5.74, 6) is 0.195. The first-order valence-electron chi connectivity index (χ1n) is 6.77. The van der Waals surface area contributed by atoms with Gasteiger partial charge in [-0.1, -0.05) is 0 Å². The number of alkyl carbamates (subject to hydrolysis) is 1. The first-order valence-corrected chi connectivity index (χ1v) is 6.77. The fraction of sp³-hybridized carbons (Fsp3) is 0.846. The maximum Gasteiger partial charge on any atom is 0.410 e. The molecular weight excluding hydrogens is 248 g/mol. The van der Waals surface area contributed by atoms with Gasteiger partial charge < -0.3 is 19.7 Å². The molecule has 0 aromatic carbocycles. The maximum atomic E-state index is 12.0. The average Bonchev–Trinajstić information content (AvgIpc) is 2.74. The van der Waals surface area contributed by atoms with Crippen molar-refractivity contribution in [3.8, 4) is 0 Å². The van der Waals surface area contributed by atoms with Gasteiger partial charge in [-0.2, -0.15) is 0 Å². The maximum absolute atomic E-state index is 12.0. The van der Waals surface area contributed by atoms with Gasteiger partial charge in [0.2, 0.25) is 0 Å². The molecule has 0 aromatic rings. The van der Waals surface area contributed by atoms with E-state index in [-0.39, 0.29) is 24.2 Å². The molecule has 2 rings (SSSR count). The highest BCUT2D eigenvalue weighted by molar-refractivity contribution is 5.70. The summed E-state index contributed by atoms with van der Waals surface area (Å²) in [6.07, 6.45) is 1.11. The molecule has 108 valence electrons. The van der Waals surface area contributed by atoms with Gasteiger partial charge in [-0.05, 0) is 33.6 Å². The first kappa shape index (κ1) is 14.0. The van der Waals surface area contributed by atoms with Gasteiger partial charge in [0.25, 0.3) is 0 Å². The summed E-state index contributed by atoms with van der Waals surface area (Å²) in [4.78, 5) is 24.8. The minimum atomic E-state index is -0.481. The van der Waals surface area contributed by atoms with Crippen molar-refractivity contribution in [2.75, 3.05) is 19.6 Å². The predicted octanol–water partition coefficient (Wildman–Crippen LogP) is 1.74. The Morgan fingerprint density at radius 2 is 2.21 bits per heavy atom. The van der Waals surface area contributed by atoms with Crippen molar-refractivity contribution >= 4 is 12.2 Å². The molecule has 2 amide bonds. The molecule has 2 heterocycles. The van der Waals surface area contributed by atoms with E-state index in [1.54, 1.807) is 4.90 Å². The van der Waals surface area contributed by atoms with Gasteiger partial charge in [0.05, 0.1) is 6.54 Å². The van der Waals surface area contributed by atoms with Crippen LogP contribution < -0.4 is 5.32 Å². The summed E-state index contributed by atoms with van der Waals surface area (Å²) in [6, 6.07) is 0. The Balaban J connectivity index is 1.90. The molecule has 0 saturated carbocycles. The lowest BCUT2D eigenvalue weighted by Gasteiger charge is -2.35. The van der Waals surface area contributed by atoms with Crippen molar-refractivity contribution in [3.05, 3.63) is 0 Å². The van der Waals surface area contributed by atoms with Crippen molar-refractivity contribution in [1.82, 2.24) is 10.2 Å². The van der Waals surface area contributed by atoms with E-state index in [2.05, 4.69) is 5.32 Å². The van der Waals surface area contributed by atoms with Crippen LogP contribution in [-0.4, -0.2) is 48.4 Å². The SMILES string of the molecule is CC(C)(C)OC(=O)N1CCCC(C2CNC(=O)O2)C1. The van der Waals surface area contributed by atoms with Gasteiger partial charge >= 0.3 is 12.2 Å². The molecule has 6 nitrogen and oxygen atoms in total. The Morgan fingerprint density at radius 1 is 1.47 bits per heavy atom. The van der Waals surface area contributed by atoms with E-state index in [4.69, 9.17) is 9.47 Å². The van der Waals surface area contributed by atoms with E-state index in [9.17, 15) is 9.59 Å². The van der Waals surface area contributed by atoms with Crippen LogP contribution in [-0.2, 0) is 9.47 Å². The molecule has 2 aliphatic rings. The van der Waals surface area contributed by atoms with Crippen LogP contribution in [0.15, 0.2) is 0 Å². The van der Waals surface area contributed by atoms with Crippen molar-refractivity contribution in [2.24, 2.45) is 5.92 Å². The Hall–Kier alpha value is -1.46. The minimum Gasteiger partial charge on any atom is -0.444 e. The van der Waals surface area contributed by atoms with Gasteiger partial charge in [-0.25, -0.2) is 9.59 Å². The number of carbonyl (C=O) groups excluding carboxylic acids is 2. The Morgan fingerprint density at radius 3 is 2.79 bits per heavy atom. The number of carbonyl (C=O) groups is 2. The lowest BCUT2D eigenvalue weighted by Crippen LogP contribution is -2.46. The molecule has 1 N–H and O–H groups in total. The van der Waals surface area contributed by atoms with Crippen LogP contribution >= 0.6 is 0 Å². The third kappa shape index (κ3) is 3.75. The summed E-state index contributed by atoms with van der Waals surface area (Å²) < 4.78 is 10.6. The zero-order chi connectivity index (χ0) is 14.0. The van der Waals surface area contributed by atoms with Gasteiger partial charge in [0.15, 0.2) is 0 Å². The molecular formula is C13H22N2O4. The summed E-state index contributed by atoms with van der Waals surface area (Å²) >= 11 is 0. The highest BCUT2D eigenvalue weighted by atomic mass is 16.6. The second-order valence-electron chi connectivity index (χ2n) is 6.15. The van der Waals surface area contributed by atoms with Gasteiger partial charge in [-0.3, -0.25) is 0 Å². The van der Waals surface area contributed by atoms with Crippen LogP contribution in [0.1, 0.15) is 33.6 Å². The smallest absolute Gasteiger partial charge is 0.410 e. The van der Waals surface area contributed by atoms with Crippen LogP contribution in [0.4, 0.5) is 9.59 Å². The predicted molar refractivity (Wildman–Crippen MR) is 68.8 cm³/mol. The number of piperidine rings is 1. The van der Waals surface area contributed by atoms with Crippen molar-refractivity contribution in [2.45, 2.75) is 45.3 Å². The topological polar surface area (TPSA) is 67.9 Å². The fourth-order valence-corrected chi connectivity index (χ4v) is 2.47. The zero-order valence-electron chi connectivity index (χ0n) is 11.8. The summed E-state index contributed by atoms with van der Waals surface area (Å²) in [5, 5.41) is 2.65. The fourth-order valence-electron chi connectivity index (χ4n) is 2.47. The summed E-state index contributed by atoms with van der Waals surface area (Å²) in [6.45, 7) is 7.40. The lowest BCUT2D eigenvalue weighted by molar-refractivity contribution is 0.00625. The molecule has 0 aliphatic carbocycles. The molecule has 0 bridgehead atoms. The summed E-state index contributed by atoms with van der Waals surface area (Å²) in [7, 11) is 0. The Labute approximate surface area is 113 Å². The van der Waals surface area contributed by atoms with Crippen LogP contribution in [0.2, 0.25) is 0 Å². The van der Waals surface area contributed by atoms with Crippen LogP contribution in [0.3, 0.4) is 0 Å². The van der Waals surface area contributed by atoms with Crippen LogP contribution in [0, 0.1) is 5.92 Å². The van der Waals surface area contributed by atoms with E-state index < -0.39 is 5.60 Å². The second-order valence-corrected chi connectivity index (χ2v) is 6.15. The molecule has 2 unspecified atom stereocenters. The number of nitrogens with one attached hydrogen (secondary N) is 1. The number of rotatable bonds is 1. The molecule has 0 radical (unpaired) electrons. The van der Waals surface area contributed by atoms with Crippen molar-refractivity contribution < 1.29 is 19.1 Å². The molecule has 2 aliphatic heterocycles. The summed E-state index contributed by atoms with van der Waals surface area (Å²) in [5.41, 5.74) is -0.481. The molecule has 0 aromatic heterocycles. The lowest BCUT2D eigenvalue weighted by atomic mass is 9.93. The molecule has 19 heavy (non-hydrogen) atoms. The Kier molecular flexibility index (Phi) is 3.87. The number of ether oxygens (including phenoxy) is 2. The number of cyclic esters (lactones) is 1. The number of hydrogen-bond acceptors (Lipinski definition) is 4. The number of hydrogen-bond donors (Lipinski definition) is 1. The zero-order valence-corrected chi connectivity index (χ0v) is 11.8. The molecule has 2 saturated heterocycles. The van der Waals surface area contributed by atoms with E-state index in [1.165, 1.54) is 0 Å². The van der Waals surface area contributed by atoms with Gasteiger partial charge in [0, 0.05) is 19.0 Å². The largest absolute Gasteiger partial charge is 0.444 e. The molecule has 2 atom stereocenters. The Bertz CT molecular complexity index is 364. The molecule has 0 spiro atoms. The number of nitrogens with zero attached hydrogens (tertiary/aromatic N) is 1. The highest BCUT2D eigenvalue weighted by Crippen LogP contribution is 2.24. The number of likely N-dealkylation sites (tertiary alicyclic amines) is 1. The third-order valence-corrected chi connectivity index (χ3v) is 3.34. The normalized spacial score (nSPS) is 27.7. The van der Waals surface area contributed by atoms with Crippen LogP contribution in [0.25, 0.3) is 0 Å². The third-order valence-electron chi connectivity index (χ3n) is 3.34. The van der Waals surface area contributed by atoms with Gasteiger partial charge in [-0.15, -0.1) is 0 Å². The second kappa shape index (κ2) is 5.27. The molecule has 6 heteroatoms. The van der Waals surface area contributed by atoms with Crippen molar-refractivity contribution in [1.29, 1.82) is 0 Å². The van der Waals surface area contributed by atoms with Crippen LogP contribution in [0.5, 0.6) is 0 Å². The quantitative estimate of drug-likeness (QED) is 0.788. The van der Waals surface area contributed by atoms with Gasteiger partial charge in [0.1, 0.15) is 11.7 Å². The highest BCUT2D eigenvalue weighted by Gasteiger charge is 2.36. The van der Waals surface area contributed by atoms with E-state index >= 15 is 0 Å².